The van der Waals surface area contributed by atoms with Crippen molar-refractivity contribution in [2.75, 3.05) is 12.4 Å². The molecule has 1 fully saturated rings. The monoisotopic (exact) mass is 630 g/mol. The Kier molecular flexibility index (Phi) is 8.89. The maximum Gasteiger partial charge on any atom is 0.435 e. The predicted molar refractivity (Wildman–Crippen MR) is 152 cm³/mol. The first-order valence-corrected chi connectivity index (χ1v) is 13.9. The lowest BCUT2D eigenvalue weighted by molar-refractivity contribution is -0.192. The van der Waals surface area contributed by atoms with Gasteiger partial charge in [-0.15, -0.1) is 0 Å². The Morgan fingerprint density at radius 3 is 2.09 bits per heavy atom. The molecule has 5 rings (SSSR count). The van der Waals surface area contributed by atoms with Crippen LogP contribution in [0.25, 0.3) is 5.69 Å². The Labute approximate surface area is 254 Å². The van der Waals surface area contributed by atoms with Crippen molar-refractivity contribution in [3.05, 3.63) is 108 Å². The largest absolute Gasteiger partial charge is 0.461 e. The number of rotatable bonds is 9. The van der Waals surface area contributed by atoms with Gasteiger partial charge in [-0.05, 0) is 48.2 Å². The number of hydrogen-bond donors (Lipinski definition) is 1. The summed E-state index contributed by atoms with van der Waals surface area (Å²) in [5, 5.41) is 6.44. The van der Waals surface area contributed by atoms with E-state index in [1.165, 1.54) is 24.3 Å². The molecule has 0 unspecified atom stereocenters. The summed E-state index contributed by atoms with van der Waals surface area (Å²) in [6.07, 6.45) is -8.52. The average Bonchev–Trinajstić information content (AvgIpc) is 3.41. The molecule has 1 aliphatic carbocycles. The number of halogens is 6. The van der Waals surface area contributed by atoms with E-state index in [-0.39, 0.29) is 42.1 Å². The van der Waals surface area contributed by atoms with Crippen molar-refractivity contribution in [1.29, 1.82) is 0 Å². The van der Waals surface area contributed by atoms with Gasteiger partial charge in [0.05, 0.1) is 23.5 Å². The summed E-state index contributed by atoms with van der Waals surface area (Å²) in [6.45, 7) is 0.0581. The maximum atomic E-state index is 14.2. The standard InChI is InChI=1S/C32H28F6N4O3/c1-41(29(43)22-16-23(17-22)30(44)45-19-20-8-4-2-5-9-20)27(31(33,34)35)21-12-14-24(15-13-21)40-26-18-39-42(28(26)32(36,37)38)25-10-6-3-7-11-25/h2-15,18,22-23,27,40H,16-17,19H2,1H3/t22?,23?,27-/m0/s1. The number of nitrogens with zero attached hydrogens (tertiary/aromatic N) is 3. The minimum absolute atomic E-state index is 0.0581. The molecule has 45 heavy (non-hydrogen) atoms. The second-order valence-electron chi connectivity index (χ2n) is 10.8. The highest BCUT2D eigenvalue weighted by atomic mass is 19.4. The molecule has 3 aromatic carbocycles. The van der Waals surface area contributed by atoms with E-state index in [1.54, 1.807) is 42.5 Å². The third-order valence-electron chi connectivity index (χ3n) is 7.63. The van der Waals surface area contributed by atoms with Crippen molar-refractivity contribution in [1.82, 2.24) is 14.7 Å². The molecule has 0 aliphatic heterocycles. The predicted octanol–water partition coefficient (Wildman–Crippen LogP) is 7.47. The molecule has 1 aromatic heterocycles. The summed E-state index contributed by atoms with van der Waals surface area (Å²) in [7, 11) is 1.04. The number of carbonyl (C=O) groups is 2. The van der Waals surface area contributed by atoms with Crippen molar-refractivity contribution in [3.63, 3.8) is 0 Å². The third-order valence-corrected chi connectivity index (χ3v) is 7.63. The molecule has 1 saturated carbocycles. The Bertz CT molecular complexity index is 1620. The van der Waals surface area contributed by atoms with E-state index in [0.717, 1.165) is 35.6 Å². The molecule has 1 amide bonds. The van der Waals surface area contributed by atoms with E-state index in [4.69, 9.17) is 4.74 Å². The van der Waals surface area contributed by atoms with Crippen molar-refractivity contribution < 1.29 is 40.7 Å². The van der Waals surface area contributed by atoms with Crippen molar-refractivity contribution in [2.24, 2.45) is 11.8 Å². The molecule has 1 aliphatic rings. The number of esters is 1. The first-order chi connectivity index (χ1) is 21.3. The summed E-state index contributed by atoms with van der Waals surface area (Å²) >= 11 is 0. The molecule has 1 heterocycles. The second-order valence-corrected chi connectivity index (χ2v) is 10.8. The summed E-state index contributed by atoms with van der Waals surface area (Å²) in [5.41, 5.74) is -0.703. The molecule has 0 spiro atoms. The van der Waals surface area contributed by atoms with Gasteiger partial charge in [-0.25, -0.2) is 4.68 Å². The van der Waals surface area contributed by atoms with Gasteiger partial charge in [0, 0.05) is 18.7 Å². The summed E-state index contributed by atoms with van der Waals surface area (Å²) in [6, 6.07) is 19.0. The first-order valence-electron chi connectivity index (χ1n) is 13.9. The van der Waals surface area contributed by atoms with Gasteiger partial charge in [-0.1, -0.05) is 60.7 Å². The fourth-order valence-corrected chi connectivity index (χ4v) is 5.29. The molecule has 1 atom stereocenters. The van der Waals surface area contributed by atoms with Gasteiger partial charge in [-0.2, -0.15) is 31.4 Å². The van der Waals surface area contributed by atoms with E-state index < -0.39 is 47.8 Å². The molecular weight excluding hydrogens is 602 g/mol. The number of hydrogen-bond acceptors (Lipinski definition) is 5. The zero-order valence-electron chi connectivity index (χ0n) is 23.8. The number of nitrogens with one attached hydrogen (secondary N) is 1. The van der Waals surface area contributed by atoms with Gasteiger partial charge in [0.15, 0.2) is 11.7 Å². The first kappa shape index (κ1) is 31.6. The Morgan fingerprint density at radius 1 is 0.911 bits per heavy atom. The Balaban J connectivity index is 1.25. The van der Waals surface area contributed by atoms with Crippen LogP contribution in [0, 0.1) is 11.8 Å². The van der Waals surface area contributed by atoms with Crippen LogP contribution < -0.4 is 5.32 Å². The zero-order chi connectivity index (χ0) is 32.4. The average molecular weight is 631 g/mol. The van der Waals surface area contributed by atoms with Gasteiger partial charge in [0.2, 0.25) is 5.91 Å². The highest BCUT2D eigenvalue weighted by Gasteiger charge is 2.49. The van der Waals surface area contributed by atoms with Gasteiger partial charge >= 0.3 is 18.3 Å². The molecule has 0 bridgehead atoms. The maximum absolute atomic E-state index is 14.2. The van der Waals surface area contributed by atoms with Gasteiger partial charge < -0.3 is 15.0 Å². The van der Waals surface area contributed by atoms with E-state index in [0.29, 0.717) is 4.90 Å². The number of amides is 1. The number of carbonyl (C=O) groups excluding carboxylic acids is 2. The molecule has 1 N–H and O–H groups in total. The van der Waals surface area contributed by atoms with E-state index in [9.17, 15) is 35.9 Å². The third kappa shape index (κ3) is 7.13. The molecular formula is C32H28F6N4O3. The minimum Gasteiger partial charge on any atom is -0.461 e. The molecule has 4 aromatic rings. The lowest BCUT2D eigenvalue weighted by Crippen LogP contribution is -2.47. The SMILES string of the molecule is CN(C(=O)C1CC(C(=O)OCc2ccccc2)C1)[C@@H](c1ccc(Nc2cnn(-c3ccccc3)c2C(F)(F)F)cc1)C(F)(F)F. The van der Waals surface area contributed by atoms with Crippen LogP contribution in [0.15, 0.2) is 91.1 Å². The van der Waals surface area contributed by atoms with Crippen LogP contribution in [-0.2, 0) is 27.1 Å². The van der Waals surface area contributed by atoms with Crippen molar-refractivity contribution in [2.45, 2.75) is 37.8 Å². The smallest absolute Gasteiger partial charge is 0.435 e. The normalized spacial score (nSPS) is 17.2. The van der Waals surface area contributed by atoms with Gasteiger partial charge in [0.1, 0.15) is 6.61 Å². The van der Waals surface area contributed by atoms with Crippen LogP contribution in [0.3, 0.4) is 0 Å². The van der Waals surface area contributed by atoms with Crippen LogP contribution >= 0.6 is 0 Å². The number of alkyl halides is 6. The van der Waals surface area contributed by atoms with E-state index >= 15 is 0 Å². The summed E-state index contributed by atoms with van der Waals surface area (Å²) in [5.74, 6) is -2.64. The summed E-state index contributed by atoms with van der Waals surface area (Å²) in [4.78, 5) is 26.0. The number of aromatic nitrogens is 2. The van der Waals surface area contributed by atoms with Crippen molar-refractivity contribution >= 4 is 23.3 Å². The van der Waals surface area contributed by atoms with E-state index in [1.807, 2.05) is 6.07 Å². The van der Waals surface area contributed by atoms with Crippen LogP contribution in [0.1, 0.15) is 35.7 Å². The molecule has 0 saturated heterocycles. The highest BCUT2D eigenvalue weighted by Crippen LogP contribution is 2.42. The molecule has 13 heteroatoms. The molecule has 0 radical (unpaired) electrons. The topological polar surface area (TPSA) is 76.5 Å². The van der Waals surface area contributed by atoms with Crippen LogP contribution in [0.4, 0.5) is 37.7 Å². The number of benzene rings is 3. The van der Waals surface area contributed by atoms with Crippen LogP contribution in [0.5, 0.6) is 0 Å². The van der Waals surface area contributed by atoms with Crippen molar-refractivity contribution in [3.8, 4) is 5.69 Å². The summed E-state index contributed by atoms with van der Waals surface area (Å²) < 4.78 is 90.7. The minimum atomic E-state index is -4.85. The Morgan fingerprint density at radius 2 is 1.51 bits per heavy atom. The fraction of sp³-hybridized carbons (Fsp3) is 0.281. The van der Waals surface area contributed by atoms with Crippen LogP contribution in [-0.4, -0.2) is 39.8 Å². The lowest BCUT2D eigenvalue weighted by atomic mass is 9.74. The quantitative estimate of drug-likeness (QED) is 0.154. The zero-order valence-corrected chi connectivity index (χ0v) is 23.8. The fourth-order valence-electron chi connectivity index (χ4n) is 5.29. The van der Waals surface area contributed by atoms with Gasteiger partial charge in [0.25, 0.3) is 0 Å². The number of para-hydroxylation sites is 1. The Hall–Kier alpha value is -4.81. The second kappa shape index (κ2) is 12.7. The number of ether oxygens (including phenoxy) is 1. The van der Waals surface area contributed by atoms with E-state index in [2.05, 4.69) is 10.4 Å². The lowest BCUT2D eigenvalue weighted by Gasteiger charge is -2.38. The highest BCUT2D eigenvalue weighted by molar-refractivity contribution is 5.84. The molecule has 7 nitrogen and oxygen atoms in total. The van der Waals surface area contributed by atoms with Gasteiger partial charge in [-0.3, -0.25) is 9.59 Å². The van der Waals surface area contributed by atoms with Crippen LogP contribution in [0.2, 0.25) is 0 Å². The number of anilines is 2. The molecule has 236 valence electrons.